The zero-order valence-corrected chi connectivity index (χ0v) is 13.1. The predicted molar refractivity (Wildman–Crippen MR) is 85.6 cm³/mol. The van der Waals surface area contributed by atoms with E-state index in [0.29, 0.717) is 5.56 Å². The average Bonchev–Trinajstić information content (AvgIpc) is 2.54. The van der Waals surface area contributed by atoms with E-state index in [0.717, 1.165) is 0 Å². The lowest BCUT2D eigenvalue weighted by Gasteiger charge is -2.09. The maximum Gasteiger partial charge on any atom is 0.371 e. The minimum atomic E-state index is -0.816. The molecule has 2 N–H and O–H groups in total. The molecule has 0 fully saturated rings. The standard InChI is InChI=1S/C15H12Cl2N2O3/c1-21-13-11(17)8-7-10(16)12(13)15(20)22-19-14(18)9-5-3-2-4-6-9/h2-8H,1H3,(H2,18,19). The maximum absolute atomic E-state index is 12.1. The molecule has 0 spiro atoms. The summed E-state index contributed by atoms with van der Waals surface area (Å²) in [6.45, 7) is 0. The van der Waals surface area contributed by atoms with Gasteiger partial charge in [-0.15, -0.1) is 0 Å². The van der Waals surface area contributed by atoms with Crippen molar-refractivity contribution in [3.63, 3.8) is 0 Å². The molecule has 114 valence electrons. The van der Waals surface area contributed by atoms with Crippen molar-refractivity contribution in [3.05, 3.63) is 63.6 Å². The van der Waals surface area contributed by atoms with Gasteiger partial charge in [-0.05, 0) is 12.1 Å². The number of hydrogen-bond acceptors (Lipinski definition) is 4. The molecule has 7 heteroatoms. The van der Waals surface area contributed by atoms with Crippen molar-refractivity contribution in [2.75, 3.05) is 7.11 Å². The maximum atomic E-state index is 12.1. The van der Waals surface area contributed by atoms with Crippen molar-refractivity contribution in [1.82, 2.24) is 0 Å². The highest BCUT2D eigenvalue weighted by molar-refractivity contribution is 6.37. The molecule has 5 nitrogen and oxygen atoms in total. The van der Waals surface area contributed by atoms with E-state index in [1.807, 2.05) is 6.07 Å². The molecular weight excluding hydrogens is 327 g/mol. The quantitative estimate of drug-likeness (QED) is 0.401. The molecule has 0 unspecified atom stereocenters. The number of nitrogens with two attached hydrogens (primary N) is 1. The van der Waals surface area contributed by atoms with E-state index >= 15 is 0 Å². The van der Waals surface area contributed by atoms with Crippen molar-refractivity contribution in [1.29, 1.82) is 0 Å². The first kappa shape index (κ1) is 16.1. The molecule has 0 atom stereocenters. The molecule has 0 saturated heterocycles. The second-order valence-corrected chi connectivity index (χ2v) is 4.97. The molecule has 0 aliphatic rings. The molecule has 0 radical (unpaired) electrons. The minimum absolute atomic E-state index is 0.0127. The van der Waals surface area contributed by atoms with Gasteiger partial charge < -0.3 is 15.3 Å². The molecule has 0 heterocycles. The summed E-state index contributed by atoms with van der Waals surface area (Å²) in [7, 11) is 1.37. The fourth-order valence-electron chi connectivity index (χ4n) is 1.72. The first-order chi connectivity index (χ1) is 10.5. The molecule has 0 saturated carbocycles. The minimum Gasteiger partial charge on any atom is -0.494 e. The summed E-state index contributed by atoms with van der Waals surface area (Å²) in [6.07, 6.45) is 0. The molecule has 0 aromatic heterocycles. The van der Waals surface area contributed by atoms with Gasteiger partial charge in [0.15, 0.2) is 11.6 Å². The van der Waals surface area contributed by atoms with Crippen molar-refractivity contribution in [2.45, 2.75) is 0 Å². The average molecular weight is 339 g/mol. The van der Waals surface area contributed by atoms with E-state index < -0.39 is 5.97 Å². The second kappa shape index (κ2) is 7.15. The van der Waals surface area contributed by atoms with Crippen LogP contribution in [0.25, 0.3) is 0 Å². The summed E-state index contributed by atoms with van der Waals surface area (Å²) >= 11 is 11.9. The monoisotopic (exact) mass is 338 g/mol. The lowest BCUT2D eigenvalue weighted by atomic mass is 10.2. The van der Waals surface area contributed by atoms with Crippen LogP contribution >= 0.6 is 23.2 Å². The van der Waals surface area contributed by atoms with Gasteiger partial charge in [0.2, 0.25) is 0 Å². The Balaban J connectivity index is 2.25. The van der Waals surface area contributed by atoms with Gasteiger partial charge in [-0.1, -0.05) is 58.7 Å². The molecule has 2 rings (SSSR count). The number of carbonyl (C=O) groups excluding carboxylic acids is 1. The molecule has 22 heavy (non-hydrogen) atoms. The molecule has 0 aliphatic carbocycles. The van der Waals surface area contributed by atoms with Gasteiger partial charge in [0.25, 0.3) is 0 Å². The Kier molecular flexibility index (Phi) is 5.25. The van der Waals surface area contributed by atoms with Gasteiger partial charge in [0.1, 0.15) is 5.56 Å². The summed E-state index contributed by atoms with van der Waals surface area (Å²) in [5.74, 6) is -0.637. The van der Waals surface area contributed by atoms with E-state index in [-0.39, 0.29) is 27.2 Å². The number of amidine groups is 1. The summed E-state index contributed by atoms with van der Waals surface area (Å²) in [5, 5.41) is 3.98. The van der Waals surface area contributed by atoms with Crippen LogP contribution in [0.1, 0.15) is 15.9 Å². The van der Waals surface area contributed by atoms with Crippen LogP contribution in [0.3, 0.4) is 0 Å². The van der Waals surface area contributed by atoms with Crippen LogP contribution in [0.5, 0.6) is 5.75 Å². The first-order valence-electron chi connectivity index (χ1n) is 6.16. The third-order valence-corrected chi connectivity index (χ3v) is 3.38. The SMILES string of the molecule is COc1c(Cl)ccc(Cl)c1C(=O)O/N=C(\N)c1ccccc1. The lowest BCUT2D eigenvalue weighted by Crippen LogP contribution is -2.15. The second-order valence-electron chi connectivity index (χ2n) is 4.16. The Morgan fingerprint density at radius 3 is 2.36 bits per heavy atom. The van der Waals surface area contributed by atoms with E-state index in [2.05, 4.69) is 5.16 Å². The number of methoxy groups -OCH3 is 1. The highest BCUT2D eigenvalue weighted by Gasteiger charge is 2.21. The van der Waals surface area contributed by atoms with Crippen LogP contribution in [-0.4, -0.2) is 18.9 Å². The Labute approximate surface area is 137 Å². The third-order valence-electron chi connectivity index (χ3n) is 2.76. The van der Waals surface area contributed by atoms with Gasteiger partial charge in [-0.2, -0.15) is 0 Å². The van der Waals surface area contributed by atoms with Crippen molar-refractivity contribution in [2.24, 2.45) is 10.9 Å². The number of ether oxygens (including phenoxy) is 1. The Hall–Kier alpha value is -2.24. The summed E-state index contributed by atoms with van der Waals surface area (Å²) in [4.78, 5) is 16.9. The molecule has 2 aromatic carbocycles. The van der Waals surface area contributed by atoms with Gasteiger partial charge in [0, 0.05) is 5.56 Å². The number of oxime groups is 1. The van der Waals surface area contributed by atoms with Crippen LogP contribution < -0.4 is 10.5 Å². The van der Waals surface area contributed by atoms with Gasteiger partial charge >= 0.3 is 5.97 Å². The lowest BCUT2D eigenvalue weighted by molar-refractivity contribution is 0.0512. The van der Waals surface area contributed by atoms with Crippen LogP contribution in [-0.2, 0) is 4.84 Å². The van der Waals surface area contributed by atoms with Crippen molar-refractivity contribution < 1.29 is 14.4 Å². The zero-order valence-electron chi connectivity index (χ0n) is 11.5. The number of halogens is 2. The summed E-state index contributed by atoms with van der Waals surface area (Å²) in [5.41, 5.74) is 6.35. The Bertz CT molecular complexity index is 718. The molecule has 2 aromatic rings. The highest BCUT2D eigenvalue weighted by Crippen LogP contribution is 2.34. The topological polar surface area (TPSA) is 73.9 Å². The van der Waals surface area contributed by atoms with E-state index in [9.17, 15) is 4.79 Å². The van der Waals surface area contributed by atoms with Crippen molar-refractivity contribution in [3.8, 4) is 5.75 Å². The zero-order chi connectivity index (χ0) is 16.1. The summed E-state index contributed by atoms with van der Waals surface area (Å²) < 4.78 is 5.07. The van der Waals surface area contributed by atoms with E-state index in [1.165, 1.54) is 19.2 Å². The Morgan fingerprint density at radius 2 is 1.73 bits per heavy atom. The van der Waals surface area contributed by atoms with Gasteiger partial charge in [-0.3, -0.25) is 0 Å². The predicted octanol–water partition coefficient (Wildman–Crippen LogP) is 3.48. The van der Waals surface area contributed by atoms with E-state index in [4.69, 9.17) is 38.5 Å². The smallest absolute Gasteiger partial charge is 0.371 e. The van der Waals surface area contributed by atoms with Crippen LogP contribution in [0, 0.1) is 0 Å². The van der Waals surface area contributed by atoms with Gasteiger partial charge in [-0.25, -0.2) is 4.79 Å². The number of rotatable bonds is 4. The highest BCUT2D eigenvalue weighted by atomic mass is 35.5. The normalized spacial score (nSPS) is 11.1. The number of hydrogen-bond donors (Lipinski definition) is 1. The fourth-order valence-corrected chi connectivity index (χ4v) is 2.18. The van der Waals surface area contributed by atoms with Crippen LogP contribution in [0.15, 0.2) is 47.6 Å². The number of carbonyl (C=O) groups is 1. The molecule has 0 aliphatic heterocycles. The molecular formula is C15H12Cl2N2O3. The largest absolute Gasteiger partial charge is 0.494 e. The van der Waals surface area contributed by atoms with Crippen LogP contribution in [0.4, 0.5) is 0 Å². The van der Waals surface area contributed by atoms with Crippen LogP contribution in [0.2, 0.25) is 10.0 Å². The first-order valence-corrected chi connectivity index (χ1v) is 6.92. The third kappa shape index (κ3) is 3.50. The fraction of sp³-hybridized carbons (Fsp3) is 0.0667. The van der Waals surface area contributed by atoms with Crippen molar-refractivity contribution >= 4 is 35.0 Å². The van der Waals surface area contributed by atoms with E-state index in [1.54, 1.807) is 24.3 Å². The molecule has 0 bridgehead atoms. The number of nitrogens with zero attached hydrogens (tertiary/aromatic N) is 1. The molecule has 0 amide bonds. The van der Waals surface area contributed by atoms with Gasteiger partial charge in [0.05, 0.1) is 17.2 Å². The summed E-state index contributed by atoms with van der Waals surface area (Å²) in [6, 6.07) is 11.9. The Morgan fingerprint density at radius 1 is 1.09 bits per heavy atom. The number of benzene rings is 2.